The van der Waals surface area contributed by atoms with Gasteiger partial charge in [-0.1, -0.05) is 24.6 Å². The van der Waals surface area contributed by atoms with Crippen molar-refractivity contribution in [1.29, 1.82) is 0 Å². The van der Waals surface area contributed by atoms with Gasteiger partial charge in [-0.2, -0.15) is 0 Å². The summed E-state index contributed by atoms with van der Waals surface area (Å²) in [5.74, 6) is 0. The van der Waals surface area contributed by atoms with Crippen LogP contribution in [-0.4, -0.2) is 17.6 Å². The molecule has 0 saturated carbocycles. The smallest absolute Gasteiger partial charge is 0.0498 e. The molecule has 1 fully saturated rings. The first-order chi connectivity index (χ1) is 8.34. The molecule has 1 unspecified atom stereocenters. The van der Waals surface area contributed by atoms with Gasteiger partial charge >= 0.3 is 0 Å². The van der Waals surface area contributed by atoms with E-state index in [1.807, 2.05) is 6.20 Å². The third kappa shape index (κ3) is 2.26. The maximum Gasteiger partial charge on any atom is 0.0498 e. The maximum atomic E-state index is 3.61. The number of H-pyrrole nitrogens is 1. The zero-order valence-electron chi connectivity index (χ0n) is 9.80. The highest BCUT2D eigenvalue weighted by Gasteiger charge is 2.15. The highest BCUT2D eigenvalue weighted by molar-refractivity contribution is 9.10. The molecule has 1 aliphatic heterocycles. The molecule has 0 spiro atoms. The number of fused-ring (bicyclic) bond motifs is 1. The number of halogens is 1. The minimum absolute atomic E-state index is 0.649. The monoisotopic (exact) mass is 292 g/mol. The molecule has 2 N–H and O–H groups in total. The number of aromatic nitrogens is 1. The average molecular weight is 293 g/mol. The van der Waals surface area contributed by atoms with Crippen molar-refractivity contribution in [2.24, 2.45) is 0 Å². The first-order valence-electron chi connectivity index (χ1n) is 6.32. The molecule has 3 rings (SSSR count). The van der Waals surface area contributed by atoms with Crippen molar-refractivity contribution >= 4 is 26.8 Å². The van der Waals surface area contributed by atoms with Crippen molar-refractivity contribution < 1.29 is 0 Å². The molecule has 3 heteroatoms. The number of benzene rings is 1. The molecular weight excluding hydrogens is 276 g/mol. The Morgan fingerprint density at radius 2 is 2.24 bits per heavy atom. The van der Waals surface area contributed by atoms with Gasteiger partial charge in [-0.05, 0) is 47.3 Å². The van der Waals surface area contributed by atoms with E-state index in [1.54, 1.807) is 0 Å². The fraction of sp³-hybridized carbons (Fsp3) is 0.429. The third-order valence-corrected chi connectivity index (χ3v) is 4.29. The van der Waals surface area contributed by atoms with Gasteiger partial charge in [-0.15, -0.1) is 0 Å². The Labute approximate surface area is 110 Å². The molecule has 0 amide bonds. The van der Waals surface area contributed by atoms with E-state index in [4.69, 9.17) is 0 Å². The highest BCUT2D eigenvalue weighted by Crippen LogP contribution is 2.27. The number of rotatable bonds is 2. The number of hydrogen-bond donors (Lipinski definition) is 2. The number of nitrogens with one attached hydrogen (secondary N) is 2. The van der Waals surface area contributed by atoms with Crippen molar-refractivity contribution in [3.8, 4) is 0 Å². The van der Waals surface area contributed by atoms with Gasteiger partial charge in [-0.25, -0.2) is 0 Å². The molecule has 0 radical (unpaired) electrons. The van der Waals surface area contributed by atoms with Crippen LogP contribution >= 0.6 is 15.9 Å². The summed E-state index contributed by atoms with van der Waals surface area (Å²) >= 11 is 3.58. The second-order valence-corrected chi connectivity index (χ2v) is 5.68. The minimum Gasteiger partial charge on any atom is -0.360 e. The number of piperidine rings is 1. The molecule has 90 valence electrons. The van der Waals surface area contributed by atoms with Gasteiger partial charge in [0.15, 0.2) is 0 Å². The quantitative estimate of drug-likeness (QED) is 0.869. The first kappa shape index (κ1) is 11.3. The summed E-state index contributed by atoms with van der Waals surface area (Å²) in [6, 6.07) is 7.20. The largest absolute Gasteiger partial charge is 0.360 e. The number of aromatic amines is 1. The Kier molecular flexibility index (Phi) is 3.21. The zero-order chi connectivity index (χ0) is 11.7. The molecule has 2 nitrogen and oxygen atoms in total. The molecule has 1 aromatic heterocycles. The molecule has 17 heavy (non-hydrogen) atoms. The standard InChI is InChI=1S/C14H17BrN2/c15-13-9-17-14-10(4-3-6-12(13)14)8-11-5-1-2-7-16-11/h3-4,6,9,11,16-17H,1-2,5,7-8H2. The summed E-state index contributed by atoms with van der Waals surface area (Å²) in [4.78, 5) is 3.37. The van der Waals surface area contributed by atoms with E-state index in [-0.39, 0.29) is 0 Å². The van der Waals surface area contributed by atoms with Crippen LogP contribution in [0, 0.1) is 0 Å². The van der Waals surface area contributed by atoms with Crippen LogP contribution < -0.4 is 5.32 Å². The Balaban J connectivity index is 1.89. The third-order valence-electron chi connectivity index (χ3n) is 3.63. The van der Waals surface area contributed by atoms with Gasteiger partial charge in [0.2, 0.25) is 0 Å². The van der Waals surface area contributed by atoms with E-state index < -0.39 is 0 Å². The Morgan fingerprint density at radius 1 is 1.29 bits per heavy atom. The summed E-state index contributed by atoms with van der Waals surface area (Å²) in [5, 5.41) is 4.90. The predicted molar refractivity (Wildman–Crippen MR) is 75.3 cm³/mol. The van der Waals surface area contributed by atoms with Gasteiger partial charge in [-0.3, -0.25) is 0 Å². The first-order valence-corrected chi connectivity index (χ1v) is 7.12. The number of hydrogen-bond acceptors (Lipinski definition) is 1. The van der Waals surface area contributed by atoms with Crippen molar-refractivity contribution in [1.82, 2.24) is 10.3 Å². The molecule has 2 aromatic rings. The lowest BCUT2D eigenvalue weighted by molar-refractivity contribution is 0.400. The van der Waals surface area contributed by atoms with Gasteiger partial charge in [0.1, 0.15) is 0 Å². The van der Waals surface area contributed by atoms with E-state index in [1.165, 1.54) is 42.3 Å². The van der Waals surface area contributed by atoms with Crippen LogP contribution in [0.3, 0.4) is 0 Å². The average Bonchev–Trinajstić information content (AvgIpc) is 2.74. The second kappa shape index (κ2) is 4.83. The molecule has 0 bridgehead atoms. The van der Waals surface area contributed by atoms with E-state index in [0.717, 1.165) is 10.9 Å². The van der Waals surface area contributed by atoms with Crippen LogP contribution in [0.25, 0.3) is 10.9 Å². The highest BCUT2D eigenvalue weighted by atomic mass is 79.9. The lowest BCUT2D eigenvalue weighted by Gasteiger charge is -2.23. The molecule has 1 atom stereocenters. The fourth-order valence-electron chi connectivity index (χ4n) is 2.72. The van der Waals surface area contributed by atoms with Gasteiger partial charge in [0.25, 0.3) is 0 Å². The van der Waals surface area contributed by atoms with Crippen LogP contribution in [-0.2, 0) is 6.42 Å². The topological polar surface area (TPSA) is 27.8 Å². The van der Waals surface area contributed by atoms with Gasteiger partial charge in [0.05, 0.1) is 0 Å². The molecule has 1 saturated heterocycles. The fourth-order valence-corrected chi connectivity index (χ4v) is 3.16. The van der Waals surface area contributed by atoms with Crippen LogP contribution in [0.5, 0.6) is 0 Å². The van der Waals surface area contributed by atoms with E-state index in [9.17, 15) is 0 Å². The van der Waals surface area contributed by atoms with Crippen LogP contribution in [0.1, 0.15) is 24.8 Å². The Morgan fingerprint density at radius 3 is 3.06 bits per heavy atom. The molecule has 1 aliphatic rings. The minimum atomic E-state index is 0.649. The van der Waals surface area contributed by atoms with Crippen LogP contribution in [0.2, 0.25) is 0 Å². The van der Waals surface area contributed by atoms with Crippen molar-refractivity contribution in [3.63, 3.8) is 0 Å². The van der Waals surface area contributed by atoms with E-state index in [0.29, 0.717) is 6.04 Å². The SMILES string of the molecule is Brc1c[nH]c2c(CC3CCCCN3)cccc12. The lowest BCUT2D eigenvalue weighted by atomic mass is 9.97. The van der Waals surface area contributed by atoms with Gasteiger partial charge in [0, 0.05) is 27.6 Å². The zero-order valence-corrected chi connectivity index (χ0v) is 11.4. The molecule has 0 aliphatic carbocycles. The summed E-state index contributed by atoms with van der Waals surface area (Å²) in [5.41, 5.74) is 2.71. The van der Waals surface area contributed by atoms with E-state index in [2.05, 4.69) is 44.4 Å². The summed E-state index contributed by atoms with van der Waals surface area (Å²) < 4.78 is 1.16. The Hall–Kier alpha value is -0.800. The normalized spacial score (nSPS) is 20.9. The van der Waals surface area contributed by atoms with Crippen molar-refractivity contribution in [3.05, 3.63) is 34.4 Å². The second-order valence-electron chi connectivity index (χ2n) is 4.83. The maximum absolute atomic E-state index is 3.61. The van der Waals surface area contributed by atoms with Crippen LogP contribution in [0.15, 0.2) is 28.9 Å². The summed E-state index contributed by atoms with van der Waals surface area (Å²) in [6.07, 6.45) is 7.15. The summed E-state index contributed by atoms with van der Waals surface area (Å²) in [6.45, 7) is 1.18. The molecular formula is C14H17BrN2. The van der Waals surface area contributed by atoms with Crippen molar-refractivity contribution in [2.45, 2.75) is 31.7 Å². The van der Waals surface area contributed by atoms with Gasteiger partial charge < -0.3 is 10.3 Å². The van der Waals surface area contributed by atoms with E-state index >= 15 is 0 Å². The molecule has 2 heterocycles. The number of para-hydroxylation sites is 1. The molecule has 1 aromatic carbocycles. The van der Waals surface area contributed by atoms with Crippen LogP contribution in [0.4, 0.5) is 0 Å². The predicted octanol–water partition coefficient (Wildman–Crippen LogP) is 3.62. The summed E-state index contributed by atoms with van der Waals surface area (Å²) in [7, 11) is 0. The lowest BCUT2D eigenvalue weighted by Crippen LogP contribution is -2.35. The van der Waals surface area contributed by atoms with Crippen molar-refractivity contribution in [2.75, 3.05) is 6.54 Å². The Bertz CT molecular complexity index is 512.